The average Bonchev–Trinajstić information content (AvgIpc) is 3.11. The van der Waals surface area contributed by atoms with E-state index in [9.17, 15) is 9.59 Å². The number of carbonyl (C=O) groups is 2. The maximum absolute atomic E-state index is 12.9. The maximum atomic E-state index is 12.9. The zero-order valence-corrected chi connectivity index (χ0v) is 22.1. The molecule has 0 fully saturated rings. The van der Waals surface area contributed by atoms with E-state index in [0.29, 0.717) is 46.2 Å². The smallest absolute Gasteiger partial charge is 0.253 e. The molecule has 6 nitrogen and oxygen atoms in total. The van der Waals surface area contributed by atoms with Crippen LogP contribution in [0.1, 0.15) is 27.1 Å². The minimum Gasteiger partial charge on any atom is -0.342 e. The van der Waals surface area contributed by atoms with Crippen molar-refractivity contribution in [3.8, 4) is 0 Å². The number of carbonyl (C=O) groups excluding carboxylic acids is 2. The first-order chi connectivity index (χ1) is 16.8. The molecule has 1 N–H and O–H groups in total. The number of Topliss-reactive ketones (excluding diaryl/α,β-unsaturated/α-hetero) is 1. The number of para-hydroxylation sites is 1. The predicted molar refractivity (Wildman–Crippen MR) is 142 cm³/mol. The third-order valence-corrected chi connectivity index (χ3v) is 6.90. The molecule has 9 heteroatoms. The summed E-state index contributed by atoms with van der Waals surface area (Å²) in [7, 11) is 1.75. The monoisotopic (exact) mass is 572 g/mol. The Labute approximate surface area is 221 Å². The van der Waals surface area contributed by atoms with Crippen molar-refractivity contribution in [3.05, 3.63) is 98.0 Å². The van der Waals surface area contributed by atoms with Crippen molar-refractivity contribution in [1.82, 2.24) is 14.0 Å². The zero-order valence-electron chi connectivity index (χ0n) is 19.0. The maximum Gasteiger partial charge on any atom is 0.253 e. The summed E-state index contributed by atoms with van der Waals surface area (Å²) in [5.41, 5.74) is 2.75. The van der Waals surface area contributed by atoms with Crippen molar-refractivity contribution in [1.29, 1.82) is 5.41 Å². The van der Waals surface area contributed by atoms with Crippen LogP contribution < -0.4 is 5.62 Å². The Morgan fingerprint density at radius 1 is 0.943 bits per heavy atom. The number of halogens is 3. The van der Waals surface area contributed by atoms with Crippen molar-refractivity contribution in [2.24, 2.45) is 0 Å². The van der Waals surface area contributed by atoms with Gasteiger partial charge in [0.15, 0.2) is 5.78 Å². The van der Waals surface area contributed by atoms with Gasteiger partial charge in [-0.25, -0.2) is 0 Å². The van der Waals surface area contributed by atoms with Crippen LogP contribution in [0.5, 0.6) is 0 Å². The van der Waals surface area contributed by atoms with Crippen LogP contribution in [-0.2, 0) is 13.1 Å². The summed E-state index contributed by atoms with van der Waals surface area (Å²) in [4.78, 5) is 27.3. The van der Waals surface area contributed by atoms with Crippen molar-refractivity contribution in [2.75, 3.05) is 13.6 Å². The Morgan fingerprint density at radius 3 is 2.29 bits per heavy atom. The molecule has 3 aromatic carbocycles. The summed E-state index contributed by atoms with van der Waals surface area (Å²) in [6, 6.07) is 19.4. The van der Waals surface area contributed by atoms with Gasteiger partial charge in [-0.2, -0.15) is 0 Å². The number of nitrogens with zero attached hydrogens (tertiary/aromatic N) is 3. The zero-order chi connectivity index (χ0) is 25.1. The van der Waals surface area contributed by atoms with E-state index in [-0.39, 0.29) is 23.9 Å². The van der Waals surface area contributed by atoms with Crippen LogP contribution in [-0.4, -0.2) is 39.3 Å². The largest absolute Gasteiger partial charge is 0.342 e. The molecule has 0 radical (unpaired) electrons. The molecule has 35 heavy (non-hydrogen) atoms. The Hall–Kier alpha value is -2.87. The van der Waals surface area contributed by atoms with Gasteiger partial charge >= 0.3 is 0 Å². The molecule has 1 amide bonds. The molecular formula is C26H23BrCl2N4O2. The van der Waals surface area contributed by atoms with Gasteiger partial charge in [0.25, 0.3) is 5.91 Å². The third-order valence-electron chi connectivity index (χ3n) is 5.82. The standard InChI is InChI=1S/C26H23BrCl2N4O2/c1-31(25(35)18-8-12-20(28)13-9-18)14-3-15-32-24-21(29)4-2-5-22(24)33(26(32)30)16-23(34)17-6-10-19(27)11-7-17/h2,4-13,30H,3,14-16H2,1H3. The van der Waals surface area contributed by atoms with Crippen molar-refractivity contribution >= 4 is 61.9 Å². The molecule has 0 aliphatic heterocycles. The summed E-state index contributed by atoms with van der Waals surface area (Å²) in [5, 5.41) is 9.89. The highest BCUT2D eigenvalue weighted by Gasteiger charge is 2.17. The number of ketones is 1. The molecule has 180 valence electrons. The lowest BCUT2D eigenvalue weighted by Crippen LogP contribution is -2.30. The minimum absolute atomic E-state index is 0.0270. The number of rotatable bonds is 8. The average molecular weight is 574 g/mol. The van der Waals surface area contributed by atoms with Gasteiger partial charge in [-0.1, -0.05) is 57.3 Å². The normalized spacial score (nSPS) is 11.1. The summed E-state index contributed by atoms with van der Waals surface area (Å²) in [6.45, 7) is 0.985. The molecule has 0 bridgehead atoms. The SMILES string of the molecule is CN(CCCn1c(=N)n(CC(=O)c2ccc(Br)cc2)c2cccc(Cl)c21)C(=O)c1ccc(Cl)cc1. The van der Waals surface area contributed by atoms with E-state index < -0.39 is 0 Å². The summed E-state index contributed by atoms with van der Waals surface area (Å²) in [5.74, 6) is -0.193. The molecule has 4 aromatic rings. The minimum atomic E-state index is -0.0988. The lowest BCUT2D eigenvalue weighted by Gasteiger charge is -2.17. The van der Waals surface area contributed by atoms with E-state index >= 15 is 0 Å². The Morgan fingerprint density at radius 2 is 1.60 bits per heavy atom. The van der Waals surface area contributed by atoms with Gasteiger partial charge in [-0.05, 0) is 55.0 Å². The number of nitrogens with one attached hydrogen (secondary N) is 1. The van der Waals surface area contributed by atoms with Crippen LogP contribution in [0.4, 0.5) is 0 Å². The summed E-state index contributed by atoms with van der Waals surface area (Å²) >= 11 is 15.8. The number of aromatic nitrogens is 2. The lowest BCUT2D eigenvalue weighted by atomic mass is 10.1. The third kappa shape index (κ3) is 5.53. The van der Waals surface area contributed by atoms with Crippen LogP contribution in [0.3, 0.4) is 0 Å². The molecule has 0 aliphatic rings. The highest BCUT2D eigenvalue weighted by molar-refractivity contribution is 9.10. The highest BCUT2D eigenvalue weighted by Crippen LogP contribution is 2.23. The first-order valence-electron chi connectivity index (χ1n) is 11.0. The molecule has 0 unspecified atom stereocenters. The van der Waals surface area contributed by atoms with Crippen LogP contribution in [0.15, 0.2) is 71.2 Å². The fourth-order valence-corrected chi connectivity index (χ4v) is 4.65. The number of benzene rings is 3. The highest BCUT2D eigenvalue weighted by atomic mass is 79.9. The van der Waals surface area contributed by atoms with Gasteiger partial charge in [0, 0.05) is 40.8 Å². The quantitative estimate of drug-likeness (QED) is 0.261. The van der Waals surface area contributed by atoms with E-state index in [1.54, 1.807) is 63.5 Å². The molecule has 0 atom stereocenters. The second-order valence-corrected chi connectivity index (χ2v) is 9.95. The topological polar surface area (TPSA) is 71.1 Å². The predicted octanol–water partition coefficient (Wildman–Crippen LogP) is 6.04. The van der Waals surface area contributed by atoms with Crippen LogP contribution in [0.25, 0.3) is 11.0 Å². The first kappa shape index (κ1) is 25.2. The fraction of sp³-hybridized carbons (Fsp3) is 0.192. The van der Waals surface area contributed by atoms with E-state index in [1.807, 2.05) is 24.3 Å². The van der Waals surface area contributed by atoms with E-state index in [1.165, 1.54) is 0 Å². The number of hydrogen-bond donors (Lipinski definition) is 1. The van der Waals surface area contributed by atoms with Crippen LogP contribution in [0.2, 0.25) is 10.0 Å². The Balaban J connectivity index is 1.54. The first-order valence-corrected chi connectivity index (χ1v) is 12.5. The molecular weight excluding hydrogens is 551 g/mol. The molecule has 0 aliphatic carbocycles. The Kier molecular flexibility index (Phi) is 7.79. The van der Waals surface area contributed by atoms with Crippen LogP contribution in [0, 0.1) is 5.41 Å². The van der Waals surface area contributed by atoms with Crippen molar-refractivity contribution in [3.63, 3.8) is 0 Å². The molecule has 1 heterocycles. The van der Waals surface area contributed by atoms with E-state index in [2.05, 4.69) is 15.9 Å². The van der Waals surface area contributed by atoms with Crippen LogP contribution >= 0.6 is 39.1 Å². The molecule has 0 saturated carbocycles. The number of aryl methyl sites for hydroxylation is 1. The second kappa shape index (κ2) is 10.8. The lowest BCUT2D eigenvalue weighted by molar-refractivity contribution is 0.0791. The second-order valence-electron chi connectivity index (χ2n) is 8.19. The summed E-state index contributed by atoms with van der Waals surface area (Å²) < 4.78 is 4.37. The fourth-order valence-electron chi connectivity index (χ4n) is 3.98. The van der Waals surface area contributed by atoms with Gasteiger partial charge in [-0.3, -0.25) is 15.0 Å². The van der Waals surface area contributed by atoms with Crippen molar-refractivity contribution in [2.45, 2.75) is 19.5 Å². The van der Waals surface area contributed by atoms with Gasteiger partial charge in [0.05, 0.1) is 22.6 Å². The molecule has 4 rings (SSSR count). The van der Waals surface area contributed by atoms with E-state index in [0.717, 1.165) is 9.99 Å². The van der Waals surface area contributed by atoms with Gasteiger partial charge in [-0.15, -0.1) is 0 Å². The molecule has 0 spiro atoms. The number of imidazole rings is 1. The number of amides is 1. The Bertz CT molecular complexity index is 1440. The van der Waals surface area contributed by atoms with Crippen molar-refractivity contribution < 1.29 is 9.59 Å². The number of fused-ring (bicyclic) bond motifs is 1. The summed E-state index contributed by atoms with van der Waals surface area (Å²) in [6.07, 6.45) is 0.609. The number of hydrogen-bond acceptors (Lipinski definition) is 3. The van der Waals surface area contributed by atoms with Gasteiger partial charge < -0.3 is 14.0 Å². The van der Waals surface area contributed by atoms with E-state index in [4.69, 9.17) is 28.6 Å². The van der Waals surface area contributed by atoms with Gasteiger partial charge in [0.1, 0.15) is 0 Å². The molecule has 0 saturated heterocycles. The molecule has 1 aromatic heterocycles. The van der Waals surface area contributed by atoms with Gasteiger partial charge in [0.2, 0.25) is 5.62 Å².